The van der Waals surface area contributed by atoms with Crippen LogP contribution in [0.3, 0.4) is 0 Å². The zero-order valence-corrected chi connectivity index (χ0v) is 69.4. The lowest BCUT2D eigenvalue weighted by molar-refractivity contribution is 0.00578. The molecule has 0 atom stereocenters. The van der Waals surface area contributed by atoms with Gasteiger partial charge in [0.2, 0.25) is 0 Å². The van der Waals surface area contributed by atoms with Crippen LogP contribution in [0.2, 0.25) is 0 Å². The van der Waals surface area contributed by atoms with Crippen LogP contribution in [-0.2, 0) is 20.1 Å². The fraction of sp³-hybridized carbons (Fsp3) is 0.125. The van der Waals surface area contributed by atoms with Crippen LogP contribution in [0.1, 0.15) is 77.6 Å². The van der Waals surface area contributed by atoms with Crippen LogP contribution < -0.4 is 15.3 Å². The van der Waals surface area contributed by atoms with Gasteiger partial charge in [-0.25, -0.2) is 0 Å². The third-order valence-electron chi connectivity index (χ3n) is 22.3. The van der Waals surface area contributed by atoms with Gasteiger partial charge in [0, 0.05) is 99.1 Å². The summed E-state index contributed by atoms with van der Waals surface area (Å²) >= 11 is 16.4. The van der Waals surface area contributed by atoms with Gasteiger partial charge in [0.15, 0.2) is 0 Å². The van der Waals surface area contributed by atoms with E-state index in [9.17, 15) is 0 Å². The number of fused-ring (bicyclic) bond motifs is 12. The minimum atomic E-state index is -0.415. The molecule has 0 N–H and O–H groups in total. The first-order valence-electron chi connectivity index (χ1n) is 36.3. The minimum absolute atomic E-state index is 0.0977. The summed E-state index contributed by atoms with van der Waals surface area (Å²) in [5, 5.41) is 4.55. The lowest BCUT2D eigenvalue weighted by Crippen LogP contribution is -2.41. The molecular weight excluding hydrogens is 1700 g/mol. The number of anilines is 6. The zero-order valence-electron chi connectivity index (χ0n) is 60.9. The Morgan fingerprint density at radius 1 is 0.296 bits per heavy atom. The Kier molecular flexibility index (Phi) is 18.9. The van der Waals surface area contributed by atoms with Gasteiger partial charge >= 0.3 is 7.12 Å². The Balaban J connectivity index is 0.000000142. The first kappa shape index (κ1) is 71.8. The lowest BCUT2D eigenvalue weighted by Gasteiger charge is -2.32. The van der Waals surface area contributed by atoms with Crippen molar-refractivity contribution in [2.45, 2.75) is 77.4 Å². The third kappa shape index (κ3) is 13.0. The molecule has 1 saturated heterocycles. The number of para-hydroxylation sites is 4. The number of furan rings is 2. The van der Waals surface area contributed by atoms with Crippen LogP contribution in [0.4, 0.5) is 34.1 Å². The Labute approximate surface area is 678 Å². The molecule has 16 aromatic rings. The molecule has 0 unspecified atom stereocenters. The molecule has 2 aliphatic carbocycles. The number of rotatable bonds is 10. The monoisotopic (exact) mass is 1770 g/mol. The standard InChI is InChI=1S/C45H40BNO3.C45H31Br2NO.C6H3Br2I/c1-43(2)39-16-9-7-12-35(39)36-27-26-33(28-40(36)43)47(32-24-20-30(21-25-32)46-49-44(3,4)45(5,6)50-46)31-22-18-29(19-23-31)34-14-11-15-38-37-13-8-10-17-41(37)48-42(34)38;1-45(2)40-12-5-3-8-35(40)36-24-23-33(27-41(36)45)48(32-21-16-29(17-22-32)39-26-30(46)18-25-42(39)47)31-19-14-28(15-20-31)34-10-7-11-38-37-9-4-6-13-43(37)49-44(34)38;7-4-1-2-5(8)6(9)3-4/h7-28H,1-6H3;3-27H,1-2H3;1-3H. The van der Waals surface area contributed by atoms with Crippen LogP contribution >= 0.6 is 86.3 Å². The fourth-order valence-corrected chi connectivity index (χ4v) is 18.2. The molecule has 108 heavy (non-hydrogen) atoms. The molecule has 3 aliphatic rings. The van der Waals surface area contributed by atoms with E-state index < -0.39 is 18.3 Å². The molecule has 0 amide bonds. The van der Waals surface area contributed by atoms with Crippen molar-refractivity contribution < 1.29 is 18.1 Å². The van der Waals surface area contributed by atoms with E-state index in [-0.39, 0.29) is 10.8 Å². The second-order valence-electron chi connectivity index (χ2n) is 30.0. The minimum Gasteiger partial charge on any atom is -0.455 e. The fourth-order valence-electron chi connectivity index (χ4n) is 15.8. The highest BCUT2D eigenvalue weighted by Crippen LogP contribution is 2.54. The molecule has 0 radical (unpaired) electrons. The van der Waals surface area contributed by atoms with Gasteiger partial charge in [0.25, 0.3) is 0 Å². The average molecular weight is 1780 g/mol. The summed E-state index contributed by atoms with van der Waals surface area (Å²) in [7, 11) is -0.415. The van der Waals surface area contributed by atoms with Gasteiger partial charge in [-0.3, -0.25) is 0 Å². The summed E-state index contributed by atoms with van der Waals surface area (Å²) in [5.74, 6) is 0. The van der Waals surface area contributed by atoms with Crippen molar-refractivity contribution in [2.75, 3.05) is 9.80 Å². The molecule has 6 nitrogen and oxygen atoms in total. The van der Waals surface area contributed by atoms with E-state index >= 15 is 0 Å². The van der Waals surface area contributed by atoms with Gasteiger partial charge in [-0.15, -0.1) is 0 Å². The molecule has 0 spiro atoms. The number of benzene rings is 14. The lowest BCUT2D eigenvalue weighted by atomic mass is 9.79. The molecular formula is C96H74BBr4IN2O4. The Morgan fingerprint density at radius 3 is 1.08 bits per heavy atom. The Hall–Kier alpha value is -9.09. The summed E-state index contributed by atoms with van der Waals surface area (Å²) in [6, 6.07) is 108. The van der Waals surface area contributed by atoms with Crippen molar-refractivity contribution in [2.24, 2.45) is 0 Å². The quantitative estimate of drug-likeness (QED) is 0.0773. The number of halogens is 5. The van der Waals surface area contributed by atoms with Gasteiger partial charge in [0.1, 0.15) is 22.3 Å². The van der Waals surface area contributed by atoms with Gasteiger partial charge in [0.05, 0.1) is 11.2 Å². The van der Waals surface area contributed by atoms with Crippen molar-refractivity contribution in [1.82, 2.24) is 0 Å². The van der Waals surface area contributed by atoms with Crippen molar-refractivity contribution >= 4 is 177 Å². The van der Waals surface area contributed by atoms with Crippen LogP contribution in [0.25, 0.3) is 99.5 Å². The molecule has 14 aromatic carbocycles. The Morgan fingerprint density at radius 2 is 0.648 bits per heavy atom. The highest BCUT2D eigenvalue weighted by molar-refractivity contribution is 14.1. The second-order valence-corrected chi connectivity index (χ2v) is 34.7. The normalized spacial score (nSPS) is 14.5. The SMILES string of the molecule is Brc1ccc(Br)c(I)c1.CC1(C)c2ccccc2-c2ccc(N(c3ccc(-c4cc(Br)ccc4Br)cc3)c3ccc(-c4cccc5c4oc4ccccc45)cc3)cc21.CC1(C)c2ccccc2-c2ccc(N(c3ccc(B4OC(C)(C)C(C)(C)O4)cc3)c3ccc(-c4cccc5c4oc4ccccc45)cc3)cc21. The van der Waals surface area contributed by atoms with E-state index in [1.165, 1.54) is 48.1 Å². The van der Waals surface area contributed by atoms with Gasteiger partial charge < -0.3 is 27.9 Å². The van der Waals surface area contributed by atoms with Crippen LogP contribution in [0.5, 0.6) is 0 Å². The number of hydrogen-bond acceptors (Lipinski definition) is 6. The van der Waals surface area contributed by atoms with Crippen LogP contribution in [0, 0.1) is 3.57 Å². The topological polar surface area (TPSA) is 51.2 Å². The maximum Gasteiger partial charge on any atom is 0.494 e. The van der Waals surface area contributed by atoms with E-state index in [1.54, 1.807) is 0 Å². The predicted molar refractivity (Wildman–Crippen MR) is 474 cm³/mol. The summed E-state index contributed by atoms with van der Waals surface area (Å²) in [5.41, 5.74) is 27.6. The third-order valence-corrected chi connectivity index (χ3v) is 26.3. The summed E-state index contributed by atoms with van der Waals surface area (Å²) in [6.45, 7) is 17.7. The van der Waals surface area contributed by atoms with Crippen molar-refractivity contribution in [3.8, 4) is 55.6 Å². The largest absolute Gasteiger partial charge is 0.494 e. The highest BCUT2D eigenvalue weighted by atomic mass is 127. The first-order chi connectivity index (χ1) is 52.1. The maximum atomic E-state index is 6.39. The Bertz CT molecular complexity index is 6150. The smallest absolute Gasteiger partial charge is 0.455 e. The molecule has 0 bridgehead atoms. The maximum absolute atomic E-state index is 6.39. The number of hydrogen-bond donors (Lipinski definition) is 0. The first-order valence-corrected chi connectivity index (χ1v) is 40.6. The molecule has 2 aromatic heterocycles. The molecule has 530 valence electrons. The molecule has 1 aliphatic heterocycles. The highest BCUT2D eigenvalue weighted by Gasteiger charge is 2.52. The summed E-state index contributed by atoms with van der Waals surface area (Å²) in [6.07, 6.45) is 0. The summed E-state index contributed by atoms with van der Waals surface area (Å²) < 4.78 is 31.2. The second kappa shape index (κ2) is 28.4. The van der Waals surface area contributed by atoms with Crippen molar-refractivity contribution in [1.29, 1.82) is 0 Å². The van der Waals surface area contributed by atoms with E-state index in [0.717, 1.165) is 135 Å². The van der Waals surface area contributed by atoms with Gasteiger partial charge in [-0.05, 0) is 260 Å². The molecule has 0 saturated carbocycles. The molecule has 19 rings (SSSR count). The van der Waals surface area contributed by atoms with E-state index in [4.69, 9.17) is 18.1 Å². The van der Waals surface area contributed by atoms with Gasteiger partial charge in [-0.2, -0.15) is 0 Å². The van der Waals surface area contributed by atoms with E-state index in [0.29, 0.717) is 0 Å². The molecule has 1 fully saturated rings. The number of nitrogens with zero attached hydrogens (tertiary/aromatic N) is 2. The predicted octanol–water partition coefficient (Wildman–Crippen LogP) is 29.4. The zero-order chi connectivity index (χ0) is 74.5. The van der Waals surface area contributed by atoms with Gasteiger partial charge in [-0.1, -0.05) is 257 Å². The van der Waals surface area contributed by atoms with E-state index in [2.05, 4.69) is 418 Å². The van der Waals surface area contributed by atoms with Crippen molar-refractivity contribution in [3.05, 3.63) is 347 Å². The molecule has 12 heteroatoms. The van der Waals surface area contributed by atoms with E-state index in [1.807, 2.05) is 36.4 Å². The van der Waals surface area contributed by atoms with Crippen LogP contribution in [0.15, 0.2) is 330 Å². The molecule has 3 heterocycles. The average Bonchev–Trinajstić information content (AvgIpc) is 1.58. The van der Waals surface area contributed by atoms with Crippen molar-refractivity contribution in [3.63, 3.8) is 0 Å². The summed E-state index contributed by atoms with van der Waals surface area (Å²) in [4.78, 5) is 4.71. The van der Waals surface area contributed by atoms with Crippen LogP contribution in [-0.4, -0.2) is 18.3 Å².